The predicted octanol–water partition coefficient (Wildman–Crippen LogP) is 3.21. The lowest BCUT2D eigenvalue weighted by atomic mass is 9.79. The van der Waals surface area contributed by atoms with Crippen LogP contribution in [0.15, 0.2) is 24.3 Å². The molecule has 0 bridgehead atoms. The molecule has 21 heavy (non-hydrogen) atoms. The van der Waals surface area contributed by atoms with Gasteiger partial charge in [-0.2, -0.15) is 0 Å². The summed E-state index contributed by atoms with van der Waals surface area (Å²) >= 11 is 0. The summed E-state index contributed by atoms with van der Waals surface area (Å²) in [5.74, 6) is -0.125. The van der Waals surface area contributed by atoms with E-state index in [9.17, 15) is 9.59 Å². The summed E-state index contributed by atoms with van der Waals surface area (Å²) in [4.78, 5) is 24.1. The van der Waals surface area contributed by atoms with Gasteiger partial charge in [0.2, 0.25) is 0 Å². The van der Waals surface area contributed by atoms with E-state index in [1.807, 2.05) is 6.92 Å². The van der Waals surface area contributed by atoms with Crippen molar-refractivity contribution in [2.45, 2.75) is 39.0 Å². The monoisotopic (exact) mass is 289 g/mol. The fourth-order valence-electron chi connectivity index (χ4n) is 2.93. The molecule has 2 rings (SSSR count). The molecule has 2 N–H and O–H groups in total. The van der Waals surface area contributed by atoms with Gasteiger partial charge >= 0.3 is 5.97 Å². The lowest BCUT2D eigenvalue weighted by Gasteiger charge is -2.26. The van der Waals surface area contributed by atoms with Crippen molar-refractivity contribution in [2.24, 2.45) is 11.8 Å². The fraction of sp³-hybridized carbons (Fsp3) is 0.529. The summed E-state index contributed by atoms with van der Waals surface area (Å²) in [7, 11) is 0. The molecule has 1 atom stereocenters. The van der Waals surface area contributed by atoms with Crippen LogP contribution < -0.4 is 5.73 Å². The molecule has 114 valence electrons. The van der Waals surface area contributed by atoms with E-state index < -0.39 is 5.97 Å². The molecule has 1 aromatic carbocycles. The van der Waals surface area contributed by atoms with Crippen LogP contribution in [0.3, 0.4) is 0 Å². The molecule has 1 saturated carbocycles. The van der Waals surface area contributed by atoms with E-state index in [4.69, 9.17) is 10.5 Å². The number of carbonyl (C=O) groups excluding carboxylic acids is 2. The van der Waals surface area contributed by atoms with Crippen molar-refractivity contribution in [2.75, 3.05) is 12.3 Å². The summed E-state index contributed by atoms with van der Waals surface area (Å²) in [6, 6.07) is 6.72. The minimum atomic E-state index is -0.530. The standard InChI is InChI=1S/C17H23NO3/c1-12(13-7-3-2-4-8-13)16(19)11-21-17(20)14-9-5-6-10-15(14)18/h5-6,9-10,12-13H,2-4,7-8,11,18H2,1H3. The molecule has 0 spiro atoms. The Hall–Kier alpha value is -1.84. The highest BCUT2D eigenvalue weighted by atomic mass is 16.5. The zero-order chi connectivity index (χ0) is 15.2. The van der Waals surface area contributed by atoms with Gasteiger partial charge in [-0.1, -0.05) is 38.3 Å². The zero-order valence-electron chi connectivity index (χ0n) is 12.5. The van der Waals surface area contributed by atoms with Crippen molar-refractivity contribution >= 4 is 17.4 Å². The first-order valence-electron chi connectivity index (χ1n) is 7.64. The number of nitrogens with two attached hydrogens (primary N) is 1. The number of esters is 1. The Kier molecular flexibility index (Phi) is 5.37. The van der Waals surface area contributed by atoms with Gasteiger partial charge in [-0.3, -0.25) is 4.79 Å². The first-order chi connectivity index (χ1) is 10.1. The van der Waals surface area contributed by atoms with E-state index in [-0.39, 0.29) is 18.3 Å². The number of ether oxygens (including phenoxy) is 1. The highest BCUT2D eigenvalue weighted by Crippen LogP contribution is 2.30. The molecule has 4 heteroatoms. The van der Waals surface area contributed by atoms with Crippen LogP contribution in [0.2, 0.25) is 0 Å². The normalized spacial score (nSPS) is 17.2. The molecular weight excluding hydrogens is 266 g/mol. The lowest BCUT2D eigenvalue weighted by molar-refractivity contribution is -0.127. The first kappa shape index (κ1) is 15.5. The third kappa shape index (κ3) is 4.06. The van der Waals surface area contributed by atoms with Gasteiger partial charge in [0.25, 0.3) is 0 Å². The van der Waals surface area contributed by atoms with Crippen LogP contribution in [-0.4, -0.2) is 18.4 Å². The average Bonchev–Trinajstić information content (AvgIpc) is 2.52. The molecule has 0 amide bonds. The Labute approximate surface area is 125 Å². The quantitative estimate of drug-likeness (QED) is 0.667. The van der Waals surface area contributed by atoms with Gasteiger partial charge in [0.15, 0.2) is 12.4 Å². The molecule has 4 nitrogen and oxygen atoms in total. The SMILES string of the molecule is CC(C(=O)COC(=O)c1ccccc1N)C1CCCCC1. The van der Waals surface area contributed by atoms with Gasteiger partial charge in [0, 0.05) is 11.6 Å². The van der Waals surface area contributed by atoms with Crippen molar-refractivity contribution in [3.05, 3.63) is 29.8 Å². The smallest absolute Gasteiger partial charge is 0.340 e. The number of ketones is 1. The highest BCUT2D eigenvalue weighted by Gasteiger charge is 2.26. The number of carbonyl (C=O) groups is 2. The topological polar surface area (TPSA) is 69.4 Å². The van der Waals surface area contributed by atoms with E-state index in [0.29, 0.717) is 17.2 Å². The summed E-state index contributed by atoms with van der Waals surface area (Å²) in [5, 5.41) is 0. The number of rotatable bonds is 5. The first-order valence-corrected chi connectivity index (χ1v) is 7.64. The van der Waals surface area contributed by atoms with Crippen molar-refractivity contribution in [3.8, 4) is 0 Å². The van der Waals surface area contributed by atoms with Crippen LogP contribution in [0.4, 0.5) is 5.69 Å². The predicted molar refractivity (Wildman–Crippen MR) is 81.9 cm³/mol. The molecule has 0 aromatic heterocycles. The van der Waals surface area contributed by atoms with E-state index in [1.54, 1.807) is 24.3 Å². The summed E-state index contributed by atoms with van der Waals surface area (Å²) < 4.78 is 5.11. The second-order valence-electron chi connectivity index (χ2n) is 5.82. The third-order valence-electron chi connectivity index (χ3n) is 4.39. The number of Topliss-reactive ketones (excluding diaryl/α,β-unsaturated/α-hetero) is 1. The summed E-state index contributed by atoms with van der Waals surface area (Å²) in [5.41, 5.74) is 6.40. The van der Waals surface area contributed by atoms with Crippen LogP contribution in [0.25, 0.3) is 0 Å². The van der Waals surface area contributed by atoms with Crippen molar-refractivity contribution in [3.63, 3.8) is 0 Å². The molecule has 1 unspecified atom stereocenters. The van der Waals surface area contributed by atoms with Gasteiger partial charge < -0.3 is 10.5 Å². The molecule has 1 aliphatic carbocycles. The molecule has 1 fully saturated rings. The summed E-state index contributed by atoms with van der Waals surface area (Å²) in [6.07, 6.45) is 5.86. The number of anilines is 1. The maximum Gasteiger partial charge on any atom is 0.340 e. The second kappa shape index (κ2) is 7.25. The minimum Gasteiger partial charge on any atom is -0.454 e. The third-order valence-corrected chi connectivity index (χ3v) is 4.39. The van der Waals surface area contributed by atoms with Crippen LogP contribution in [0.1, 0.15) is 49.4 Å². The Morgan fingerprint density at radius 2 is 1.90 bits per heavy atom. The van der Waals surface area contributed by atoms with Gasteiger partial charge in [-0.15, -0.1) is 0 Å². The Balaban J connectivity index is 1.86. The van der Waals surface area contributed by atoms with Crippen molar-refractivity contribution in [1.29, 1.82) is 0 Å². The second-order valence-corrected chi connectivity index (χ2v) is 5.82. The van der Waals surface area contributed by atoms with Gasteiger partial charge in [-0.05, 0) is 30.9 Å². The molecule has 0 radical (unpaired) electrons. The highest BCUT2D eigenvalue weighted by molar-refractivity contribution is 5.96. The molecule has 0 heterocycles. The maximum absolute atomic E-state index is 12.2. The van der Waals surface area contributed by atoms with Crippen molar-refractivity contribution < 1.29 is 14.3 Å². The number of nitrogen functional groups attached to an aromatic ring is 1. The van der Waals surface area contributed by atoms with Crippen molar-refractivity contribution in [1.82, 2.24) is 0 Å². The molecule has 1 aliphatic rings. The maximum atomic E-state index is 12.2. The fourth-order valence-corrected chi connectivity index (χ4v) is 2.93. The number of hydrogen-bond donors (Lipinski definition) is 1. The number of para-hydroxylation sites is 1. The minimum absolute atomic E-state index is 0.00440. The van der Waals surface area contributed by atoms with Crippen LogP contribution in [0.5, 0.6) is 0 Å². The van der Waals surface area contributed by atoms with Crippen LogP contribution in [0, 0.1) is 11.8 Å². The van der Waals surface area contributed by atoms with Crippen LogP contribution >= 0.6 is 0 Å². The van der Waals surface area contributed by atoms with E-state index in [1.165, 1.54) is 19.3 Å². The van der Waals surface area contributed by atoms with Gasteiger partial charge in [0.1, 0.15) is 0 Å². The average molecular weight is 289 g/mol. The van der Waals surface area contributed by atoms with Crippen LogP contribution in [-0.2, 0) is 9.53 Å². The largest absolute Gasteiger partial charge is 0.454 e. The molecular formula is C17H23NO3. The number of benzene rings is 1. The Morgan fingerprint density at radius 3 is 2.57 bits per heavy atom. The van der Waals surface area contributed by atoms with E-state index in [2.05, 4.69) is 0 Å². The van der Waals surface area contributed by atoms with E-state index in [0.717, 1.165) is 12.8 Å². The Morgan fingerprint density at radius 1 is 1.24 bits per heavy atom. The number of hydrogen-bond acceptors (Lipinski definition) is 4. The van der Waals surface area contributed by atoms with E-state index >= 15 is 0 Å². The molecule has 1 aromatic rings. The summed E-state index contributed by atoms with van der Waals surface area (Å²) in [6.45, 7) is 1.79. The molecule has 0 saturated heterocycles. The molecule has 0 aliphatic heterocycles. The van der Waals surface area contributed by atoms with Gasteiger partial charge in [0.05, 0.1) is 5.56 Å². The van der Waals surface area contributed by atoms with Gasteiger partial charge in [-0.25, -0.2) is 4.79 Å². The Bertz CT molecular complexity index is 507. The lowest BCUT2D eigenvalue weighted by Crippen LogP contribution is -2.27. The zero-order valence-corrected chi connectivity index (χ0v) is 12.5.